The molecule has 4 amide bonds. The maximum Gasteiger partial charge on any atom is 0.407 e. The standard InChI is InChI=1S/C62H81F4N9O6/c1-7-27-81-62(79)72-56(35(4)5)60(77)74-26-14-20-53(74)58-68-47-31-41(43(64)33-49(47)70-58)51-24-23-50(75(51)39-28-44(65)54(45(66)29-39)38-18-12-11-17-37(21-22-38)36-15-9-8-10-16-36)40-30-46-48(32-42(40)63)69-57(67-46)52-19-13-25-73(52)59(76)55(34(2)3)71-61(78)80-6/h28-38,50-53,55-56H,7-27H2,1-6H3,(H,67,69)(H,68,70)(H,71,78)(H,72,79)/t37?,38?,50-,51-,52+,53+,55+,56+/m1/s1. The molecule has 5 heterocycles. The van der Waals surface area contributed by atoms with Crippen molar-refractivity contribution in [1.82, 2.24) is 40.4 Å². The number of carbonyl (C=O) groups excluding carboxylic acids is 4. The predicted molar refractivity (Wildman–Crippen MR) is 301 cm³/mol. The number of rotatable bonds is 15. The van der Waals surface area contributed by atoms with Gasteiger partial charge in [0.25, 0.3) is 0 Å². The van der Waals surface area contributed by atoms with Crippen LogP contribution in [0.1, 0.15) is 209 Å². The van der Waals surface area contributed by atoms with Gasteiger partial charge < -0.3 is 44.8 Å². The molecule has 5 aliphatic rings. The molecule has 0 radical (unpaired) electrons. The van der Waals surface area contributed by atoms with Gasteiger partial charge in [0, 0.05) is 47.6 Å². The second-order valence-corrected chi connectivity index (χ2v) is 24.3. The number of ether oxygens (including phenoxy) is 2. The van der Waals surface area contributed by atoms with Crippen LogP contribution in [0.25, 0.3) is 22.1 Å². The monoisotopic (exact) mass is 1120 g/mol. The number of amides is 4. The van der Waals surface area contributed by atoms with Gasteiger partial charge in [0.05, 0.1) is 60.0 Å². The van der Waals surface area contributed by atoms with Crippen molar-refractivity contribution in [2.45, 2.75) is 192 Å². The highest BCUT2D eigenvalue weighted by atomic mass is 19.1. The summed E-state index contributed by atoms with van der Waals surface area (Å²) in [5.74, 6) is -1.76. The Morgan fingerprint density at radius 3 is 1.56 bits per heavy atom. The number of nitrogens with one attached hydrogen (secondary N) is 4. The fourth-order valence-electron chi connectivity index (χ4n) is 14.3. The first-order chi connectivity index (χ1) is 39.0. The predicted octanol–water partition coefficient (Wildman–Crippen LogP) is 13.6. The Bertz CT molecular complexity index is 3060. The Kier molecular flexibility index (Phi) is 17.8. The number of nitrogens with zero attached hydrogens (tertiary/aromatic N) is 5. The van der Waals surface area contributed by atoms with E-state index < -0.39 is 71.7 Å². The Balaban J connectivity index is 0.989. The minimum Gasteiger partial charge on any atom is -0.453 e. The Morgan fingerprint density at radius 2 is 1.06 bits per heavy atom. The van der Waals surface area contributed by atoms with Gasteiger partial charge in [-0.1, -0.05) is 86.0 Å². The largest absolute Gasteiger partial charge is 0.453 e. The number of hydrogen-bond acceptors (Lipinski definition) is 9. The average molecular weight is 1120 g/mol. The molecule has 3 aliphatic heterocycles. The molecule has 3 saturated heterocycles. The first kappa shape index (κ1) is 57.8. The fraction of sp³-hybridized carbons (Fsp3) is 0.613. The molecule has 2 unspecified atom stereocenters. The van der Waals surface area contributed by atoms with E-state index >= 15 is 17.6 Å². The van der Waals surface area contributed by atoms with Crippen LogP contribution in [0.4, 0.5) is 32.8 Å². The topological polar surface area (TPSA) is 178 Å². The Morgan fingerprint density at radius 1 is 0.580 bits per heavy atom. The number of methoxy groups -OCH3 is 1. The molecule has 19 heteroatoms. The minimum atomic E-state index is -0.850. The van der Waals surface area contributed by atoms with E-state index in [9.17, 15) is 19.2 Å². The lowest BCUT2D eigenvalue weighted by atomic mass is 9.72. The molecule has 3 aromatic carbocycles. The van der Waals surface area contributed by atoms with E-state index in [1.165, 1.54) is 63.5 Å². The van der Waals surface area contributed by atoms with Crippen LogP contribution in [-0.2, 0) is 19.1 Å². The van der Waals surface area contributed by atoms with Crippen molar-refractivity contribution in [3.05, 3.63) is 88.0 Å². The van der Waals surface area contributed by atoms with E-state index in [0.29, 0.717) is 116 Å². The van der Waals surface area contributed by atoms with Gasteiger partial charge in [-0.25, -0.2) is 37.1 Å². The Hall–Kier alpha value is -6.40. The van der Waals surface area contributed by atoms with Crippen LogP contribution in [0.3, 0.4) is 0 Å². The van der Waals surface area contributed by atoms with Crippen LogP contribution in [-0.4, -0.2) is 92.6 Å². The number of carbonyl (C=O) groups is 4. The summed E-state index contributed by atoms with van der Waals surface area (Å²) >= 11 is 0. The van der Waals surface area contributed by atoms with Crippen molar-refractivity contribution in [2.75, 3.05) is 31.7 Å². The van der Waals surface area contributed by atoms with Crippen LogP contribution >= 0.6 is 0 Å². The van der Waals surface area contributed by atoms with Gasteiger partial charge in [-0.2, -0.15) is 0 Å². The molecule has 0 bridgehead atoms. The average Bonchev–Trinajstić information content (AvgIpc) is 4.09. The molecule has 0 spiro atoms. The third-order valence-electron chi connectivity index (χ3n) is 18.4. The number of fused-ring (bicyclic) bond motifs is 2. The lowest BCUT2D eigenvalue weighted by molar-refractivity contribution is -0.136. The van der Waals surface area contributed by atoms with Crippen LogP contribution in [0.15, 0.2) is 36.4 Å². The number of aromatic amines is 2. The minimum absolute atomic E-state index is 0.0807. The van der Waals surface area contributed by atoms with E-state index in [1.807, 2.05) is 34.6 Å². The molecule has 15 nitrogen and oxygen atoms in total. The van der Waals surface area contributed by atoms with E-state index in [-0.39, 0.29) is 58.6 Å². The van der Waals surface area contributed by atoms with Crippen molar-refractivity contribution < 1.29 is 46.2 Å². The van der Waals surface area contributed by atoms with Crippen molar-refractivity contribution in [3.63, 3.8) is 0 Å². The number of alkyl carbamates (subject to hydrolysis) is 2. The summed E-state index contributed by atoms with van der Waals surface area (Å²) in [7, 11) is 1.24. The van der Waals surface area contributed by atoms with Crippen LogP contribution in [0.5, 0.6) is 0 Å². The lowest BCUT2D eigenvalue weighted by Gasteiger charge is -2.35. The number of likely N-dealkylation sites (tertiary alicyclic amines) is 2. The zero-order valence-electron chi connectivity index (χ0n) is 47.9. The quantitative estimate of drug-likeness (QED) is 0.0743. The first-order valence-corrected chi connectivity index (χ1v) is 30.1. The SMILES string of the molecule is CCCOC(=O)N[C@H](C(=O)N1CCC[C@H]1c1nc2cc(F)c([C@H]3CC[C@H](c4cc5[nH]c([C@@H]6CCCN6C(=O)[C@@H](NC(=O)OC)C(C)C)nc5cc4F)N3c3cc(F)c(C4CCCCC(C5CCCCC5)CC4)c(F)c3)cc2[nH]1)C(C)C. The zero-order chi connectivity index (χ0) is 57.2. The lowest BCUT2D eigenvalue weighted by Crippen LogP contribution is -2.51. The van der Waals surface area contributed by atoms with Crippen LogP contribution < -0.4 is 15.5 Å². The number of benzene rings is 3. The van der Waals surface area contributed by atoms with Crippen LogP contribution in [0, 0.1) is 46.9 Å². The van der Waals surface area contributed by atoms with Gasteiger partial charge in [0.15, 0.2) is 0 Å². The molecular formula is C62H81F4N9O6. The summed E-state index contributed by atoms with van der Waals surface area (Å²) in [4.78, 5) is 74.6. The molecule has 2 aliphatic carbocycles. The molecule has 81 heavy (non-hydrogen) atoms. The highest BCUT2D eigenvalue weighted by molar-refractivity contribution is 5.88. The molecule has 5 aromatic rings. The number of anilines is 1. The number of hydrogen-bond donors (Lipinski definition) is 4. The summed E-state index contributed by atoms with van der Waals surface area (Å²) in [6, 6.07) is 4.41. The molecule has 2 aromatic heterocycles. The molecule has 5 fully saturated rings. The van der Waals surface area contributed by atoms with Gasteiger partial charge >= 0.3 is 12.2 Å². The molecular weight excluding hydrogens is 1040 g/mol. The highest BCUT2D eigenvalue weighted by Gasteiger charge is 2.43. The van der Waals surface area contributed by atoms with Crippen LogP contribution in [0.2, 0.25) is 0 Å². The summed E-state index contributed by atoms with van der Waals surface area (Å²) < 4.78 is 78.6. The summed E-state index contributed by atoms with van der Waals surface area (Å²) in [6.07, 6.45) is 14.0. The summed E-state index contributed by atoms with van der Waals surface area (Å²) in [5, 5.41) is 5.42. The normalized spacial score (nSPS) is 23.8. The van der Waals surface area contributed by atoms with Crippen molar-refractivity contribution >= 4 is 51.8 Å². The molecule has 10 rings (SSSR count). The smallest absolute Gasteiger partial charge is 0.407 e. The number of imidazole rings is 2. The second kappa shape index (κ2) is 25.0. The first-order valence-electron chi connectivity index (χ1n) is 30.1. The van der Waals surface area contributed by atoms with Gasteiger partial charge in [-0.15, -0.1) is 0 Å². The van der Waals surface area contributed by atoms with Crippen molar-refractivity contribution in [2.24, 2.45) is 23.7 Å². The molecule has 8 atom stereocenters. The Labute approximate surface area is 472 Å². The van der Waals surface area contributed by atoms with E-state index in [1.54, 1.807) is 26.8 Å². The summed E-state index contributed by atoms with van der Waals surface area (Å²) in [6.45, 7) is 10.3. The summed E-state index contributed by atoms with van der Waals surface area (Å²) in [5.41, 5.74) is 2.33. The number of H-pyrrole nitrogens is 2. The fourth-order valence-corrected chi connectivity index (χ4v) is 14.3. The second-order valence-electron chi connectivity index (χ2n) is 24.3. The highest BCUT2D eigenvalue weighted by Crippen LogP contribution is 2.51. The molecule has 4 N–H and O–H groups in total. The molecule has 438 valence electrons. The van der Waals surface area contributed by atoms with Gasteiger partial charge in [-0.05, 0) is 118 Å². The van der Waals surface area contributed by atoms with E-state index in [4.69, 9.17) is 19.4 Å². The van der Waals surface area contributed by atoms with Crippen molar-refractivity contribution in [3.8, 4) is 0 Å². The maximum absolute atomic E-state index is 17.2. The van der Waals surface area contributed by atoms with Gasteiger partial charge in [0.2, 0.25) is 11.8 Å². The molecule has 2 saturated carbocycles. The number of halogens is 4. The zero-order valence-corrected chi connectivity index (χ0v) is 47.9. The van der Waals surface area contributed by atoms with Gasteiger partial charge in [-0.3, -0.25) is 9.59 Å². The van der Waals surface area contributed by atoms with Crippen molar-refractivity contribution in [1.29, 1.82) is 0 Å². The van der Waals surface area contributed by atoms with E-state index in [0.717, 1.165) is 25.7 Å². The maximum atomic E-state index is 17.2. The van der Waals surface area contributed by atoms with E-state index in [2.05, 4.69) is 20.6 Å². The third-order valence-corrected chi connectivity index (χ3v) is 18.4. The third kappa shape index (κ3) is 12.1. The van der Waals surface area contributed by atoms with Gasteiger partial charge in [0.1, 0.15) is 47.0 Å². The number of aromatic nitrogens is 4.